The molecule has 4 fully saturated rings. The SMILES string of the molecule is CCCNC(=O)[C@@H](C)N(Cc1ccc(F)cc1)C(=O)CN(c1ccc(C23CC4CC(CC(C4)C2)C3)cc1)S(C)(=O)=O. The van der Waals surface area contributed by atoms with E-state index in [0.29, 0.717) is 17.8 Å². The van der Waals surface area contributed by atoms with Gasteiger partial charge in [-0.2, -0.15) is 0 Å². The van der Waals surface area contributed by atoms with Crippen LogP contribution in [-0.4, -0.2) is 50.5 Å². The zero-order chi connectivity index (χ0) is 29.4. The Morgan fingerprint density at radius 1 is 0.976 bits per heavy atom. The highest BCUT2D eigenvalue weighted by molar-refractivity contribution is 7.92. The molecule has 222 valence electrons. The number of hydrogen-bond acceptors (Lipinski definition) is 4. The molecule has 4 bridgehead atoms. The van der Waals surface area contributed by atoms with E-state index in [9.17, 15) is 22.4 Å². The van der Waals surface area contributed by atoms with Crippen LogP contribution >= 0.6 is 0 Å². The molecule has 0 aliphatic heterocycles. The van der Waals surface area contributed by atoms with Gasteiger partial charge in [0.1, 0.15) is 18.4 Å². The molecule has 2 aromatic rings. The zero-order valence-corrected chi connectivity index (χ0v) is 25.1. The molecule has 0 heterocycles. The molecular weight excluding hydrogens is 541 g/mol. The minimum absolute atomic E-state index is 0.0440. The molecule has 0 saturated heterocycles. The molecule has 1 N–H and O–H groups in total. The summed E-state index contributed by atoms with van der Waals surface area (Å²) in [5.41, 5.74) is 2.53. The normalized spacial score (nSPS) is 25.5. The maximum Gasteiger partial charge on any atom is 0.244 e. The van der Waals surface area contributed by atoms with Crippen molar-refractivity contribution in [3.05, 3.63) is 65.5 Å². The van der Waals surface area contributed by atoms with Gasteiger partial charge < -0.3 is 10.2 Å². The summed E-state index contributed by atoms with van der Waals surface area (Å²) in [6.07, 6.45) is 9.52. The first-order valence-electron chi connectivity index (χ1n) is 14.9. The monoisotopic (exact) mass is 583 g/mol. The Bertz CT molecular complexity index is 1330. The second-order valence-corrected chi connectivity index (χ2v) is 14.5. The molecule has 2 aromatic carbocycles. The quantitative estimate of drug-likeness (QED) is 0.403. The third-order valence-corrected chi connectivity index (χ3v) is 10.6. The molecule has 0 unspecified atom stereocenters. The van der Waals surface area contributed by atoms with Crippen LogP contribution in [0, 0.1) is 23.6 Å². The summed E-state index contributed by atoms with van der Waals surface area (Å²) < 4.78 is 40.6. The Morgan fingerprint density at radius 3 is 2.05 bits per heavy atom. The first-order chi connectivity index (χ1) is 19.5. The van der Waals surface area contributed by atoms with Gasteiger partial charge in [0.25, 0.3) is 0 Å². The van der Waals surface area contributed by atoms with E-state index in [2.05, 4.69) is 17.4 Å². The van der Waals surface area contributed by atoms with Crippen LogP contribution in [0.4, 0.5) is 10.1 Å². The summed E-state index contributed by atoms with van der Waals surface area (Å²) in [5, 5.41) is 2.81. The van der Waals surface area contributed by atoms with Gasteiger partial charge in [0.15, 0.2) is 0 Å². The number of amides is 2. The van der Waals surface area contributed by atoms with Crippen molar-refractivity contribution in [1.29, 1.82) is 0 Å². The summed E-state index contributed by atoms with van der Waals surface area (Å²) in [5.74, 6) is 1.16. The van der Waals surface area contributed by atoms with Crippen LogP contribution in [0.25, 0.3) is 0 Å². The molecule has 1 atom stereocenters. The summed E-state index contributed by atoms with van der Waals surface area (Å²) in [7, 11) is -3.81. The standard InChI is InChI=1S/C32H42FN3O4S/c1-4-13-34-31(38)22(2)35(20-23-5-9-28(33)10-6-23)30(37)21-36(41(3,39)40)29-11-7-27(8-12-29)32-17-24-14-25(18-32)16-26(15-24)19-32/h5-12,22,24-26H,4,13-21H2,1-3H3,(H,34,38)/t22-,24?,25?,26?,32?/m1/s1. The van der Waals surface area contributed by atoms with E-state index in [1.54, 1.807) is 19.1 Å². The lowest BCUT2D eigenvalue weighted by Gasteiger charge is -2.57. The maximum absolute atomic E-state index is 13.7. The molecule has 6 rings (SSSR count). The van der Waals surface area contributed by atoms with Crippen LogP contribution in [0.3, 0.4) is 0 Å². The largest absolute Gasteiger partial charge is 0.354 e. The number of carbonyl (C=O) groups excluding carboxylic acids is 2. The Balaban J connectivity index is 1.37. The minimum Gasteiger partial charge on any atom is -0.354 e. The smallest absolute Gasteiger partial charge is 0.244 e. The van der Waals surface area contributed by atoms with Crippen molar-refractivity contribution in [2.24, 2.45) is 17.8 Å². The van der Waals surface area contributed by atoms with Gasteiger partial charge in [-0.1, -0.05) is 31.2 Å². The van der Waals surface area contributed by atoms with Gasteiger partial charge in [-0.05, 0) is 110 Å². The van der Waals surface area contributed by atoms with Crippen molar-refractivity contribution in [1.82, 2.24) is 10.2 Å². The Hall–Kier alpha value is -2.94. The fourth-order valence-corrected chi connectivity index (χ4v) is 8.67. The molecule has 0 aromatic heterocycles. The van der Waals surface area contributed by atoms with Gasteiger partial charge in [0.05, 0.1) is 11.9 Å². The van der Waals surface area contributed by atoms with E-state index in [-0.39, 0.29) is 17.9 Å². The molecule has 41 heavy (non-hydrogen) atoms. The van der Waals surface area contributed by atoms with Crippen LogP contribution in [0.1, 0.15) is 69.9 Å². The van der Waals surface area contributed by atoms with E-state index >= 15 is 0 Å². The fourth-order valence-electron chi connectivity index (χ4n) is 7.82. The van der Waals surface area contributed by atoms with E-state index in [4.69, 9.17) is 0 Å². The third kappa shape index (κ3) is 6.45. The maximum atomic E-state index is 13.7. The van der Waals surface area contributed by atoms with E-state index in [1.807, 2.05) is 19.1 Å². The van der Waals surface area contributed by atoms with Gasteiger partial charge in [-0.15, -0.1) is 0 Å². The molecule has 9 heteroatoms. The average Bonchev–Trinajstić information content (AvgIpc) is 2.92. The lowest BCUT2D eigenvalue weighted by atomic mass is 9.48. The average molecular weight is 584 g/mol. The van der Waals surface area contributed by atoms with Crippen molar-refractivity contribution < 1.29 is 22.4 Å². The first kappa shape index (κ1) is 29.5. The number of nitrogens with one attached hydrogen (secondary N) is 1. The van der Waals surface area contributed by atoms with E-state index in [1.165, 1.54) is 61.1 Å². The van der Waals surface area contributed by atoms with Gasteiger partial charge in [0, 0.05) is 13.1 Å². The number of nitrogens with zero attached hydrogens (tertiary/aromatic N) is 2. The Morgan fingerprint density at radius 2 is 1.54 bits per heavy atom. The number of hydrogen-bond donors (Lipinski definition) is 1. The highest BCUT2D eigenvalue weighted by Crippen LogP contribution is 2.60. The van der Waals surface area contributed by atoms with E-state index < -0.39 is 34.3 Å². The van der Waals surface area contributed by atoms with Crippen LogP contribution in [0.15, 0.2) is 48.5 Å². The second kappa shape index (κ2) is 11.7. The van der Waals surface area contributed by atoms with Crippen LogP contribution in [-0.2, 0) is 31.6 Å². The molecule has 2 amide bonds. The predicted molar refractivity (Wildman–Crippen MR) is 158 cm³/mol. The van der Waals surface area contributed by atoms with Gasteiger partial charge in [-0.25, -0.2) is 12.8 Å². The number of halogens is 1. The van der Waals surface area contributed by atoms with Crippen molar-refractivity contribution in [3.8, 4) is 0 Å². The Kier molecular flexibility index (Phi) is 8.46. The number of carbonyl (C=O) groups is 2. The number of rotatable bonds is 11. The topological polar surface area (TPSA) is 86.8 Å². The summed E-state index contributed by atoms with van der Waals surface area (Å²) in [6.45, 7) is 3.63. The fraction of sp³-hybridized carbons (Fsp3) is 0.562. The van der Waals surface area contributed by atoms with Gasteiger partial charge in [0.2, 0.25) is 21.8 Å². The Labute approximate surface area is 243 Å². The van der Waals surface area contributed by atoms with Crippen molar-refractivity contribution in [2.45, 2.75) is 76.8 Å². The lowest BCUT2D eigenvalue weighted by Crippen LogP contribution is -2.51. The van der Waals surface area contributed by atoms with E-state index in [0.717, 1.165) is 34.7 Å². The van der Waals surface area contributed by atoms with Crippen LogP contribution in [0.5, 0.6) is 0 Å². The highest BCUT2D eigenvalue weighted by atomic mass is 32.2. The van der Waals surface area contributed by atoms with Crippen molar-refractivity contribution in [3.63, 3.8) is 0 Å². The summed E-state index contributed by atoms with van der Waals surface area (Å²) in [6, 6.07) is 12.6. The highest BCUT2D eigenvalue weighted by Gasteiger charge is 2.51. The van der Waals surface area contributed by atoms with Crippen LogP contribution < -0.4 is 9.62 Å². The van der Waals surface area contributed by atoms with Crippen molar-refractivity contribution in [2.75, 3.05) is 23.7 Å². The summed E-state index contributed by atoms with van der Waals surface area (Å²) in [4.78, 5) is 27.9. The summed E-state index contributed by atoms with van der Waals surface area (Å²) >= 11 is 0. The molecule has 7 nitrogen and oxygen atoms in total. The predicted octanol–water partition coefficient (Wildman–Crippen LogP) is 5.00. The molecular formula is C32H42FN3O4S. The molecule has 4 aliphatic carbocycles. The minimum atomic E-state index is -3.81. The number of anilines is 1. The van der Waals surface area contributed by atoms with Gasteiger partial charge in [-0.3, -0.25) is 13.9 Å². The van der Waals surface area contributed by atoms with Crippen molar-refractivity contribution >= 4 is 27.5 Å². The molecule has 4 aliphatic rings. The number of benzene rings is 2. The molecule has 4 saturated carbocycles. The van der Waals surface area contributed by atoms with Gasteiger partial charge >= 0.3 is 0 Å². The molecule has 0 radical (unpaired) electrons. The first-order valence-corrected chi connectivity index (χ1v) is 16.7. The third-order valence-electron chi connectivity index (χ3n) is 9.47. The number of sulfonamides is 1. The lowest BCUT2D eigenvalue weighted by molar-refractivity contribution is -0.139. The zero-order valence-electron chi connectivity index (χ0n) is 24.3. The second-order valence-electron chi connectivity index (χ2n) is 12.6. The molecule has 0 spiro atoms. The van der Waals surface area contributed by atoms with Crippen LogP contribution in [0.2, 0.25) is 0 Å².